The van der Waals surface area contributed by atoms with E-state index in [1.54, 1.807) is 0 Å². The summed E-state index contributed by atoms with van der Waals surface area (Å²) in [6.45, 7) is 0. The average Bonchev–Trinajstić information content (AvgIpc) is 1.80. The van der Waals surface area contributed by atoms with Gasteiger partial charge in [-0.15, -0.1) is 0 Å². The van der Waals surface area contributed by atoms with E-state index in [1.807, 2.05) is 0 Å². The molecule has 0 aliphatic heterocycles. The third-order valence-electron chi connectivity index (χ3n) is 0.759. The number of aliphatic carboxylic acids is 1. The molecule has 0 bridgehead atoms. The Hall–Kier alpha value is -0.590. The number of carbonyl (C=O) groups is 1. The van der Waals surface area contributed by atoms with Crippen LogP contribution in [0.2, 0.25) is 0 Å². The molecule has 0 aromatic carbocycles. The fourth-order valence-corrected chi connectivity index (χ4v) is 0.887. The van der Waals surface area contributed by atoms with Crippen LogP contribution in [-0.4, -0.2) is 26.5 Å². The summed E-state index contributed by atoms with van der Waals surface area (Å²) in [5.74, 6) is -2.26. The highest BCUT2D eigenvalue weighted by Gasteiger charge is 2.36. The Morgan fingerprint density at radius 1 is 1.45 bits per heavy atom. The molecule has 0 rings (SSSR count). The summed E-state index contributed by atoms with van der Waals surface area (Å²) in [5, 5.41) is 7.93. The standard InChI is InChI=1S/C4H5F3O3S/c5-4(6,7)11(10)2-1-3(8)9/h1-2H2,(H,8,9). The van der Waals surface area contributed by atoms with Crippen LogP contribution in [0.5, 0.6) is 0 Å². The minimum atomic E-state index is -4.80. The number of rotatable bonds is 3. The molecule has 3 nitrogen and oxygen atoms in total. The Morgan fingerprint density at radius 3 is 2.18 bits per heavy atom. The van der Waals surface area contributed by atoms with E-state index in [0.717, 1.165) is 0 Å². The van der Waals surface area contributed by atoms with E-state index in [2.05, 4.69) is 0 Å². The number of halogens is 3. The van der Waals surface area contributed by atoms with Crippen LogP contribution in [0.15, 0.2) is 0 Å². The molecule has 0 aromatic heterocycles. The highest BCUT2D eigenvalue weighted by Crippen LogP contribution is 2.20. The second-order valence-corrected chi connectivity index (χ2v) is 3.20. The first-order valence-electron chi connectivity index (χ1n) is 2.51. The van der Waals surface area contributed by atoms with Crippen molar-refractivity contribution >= 4 is 16.8 Å². The fourth-order valence-electron chi connectivity index (χ4n) is 0.296. The lowest BCUT2D eigenvalue weighted by molar-refractivity contribution is -0.136. The molecule has 0 aliphatic carbocycles. The molecule has 66 valence electrons. The van der Waals surface area contributed by atoms with Crippen molar-refractivity contribution in [2.45, 2.75) is 11.9 Å². The van der Waals surface area contributed by atoms with E-state index < -0.39 is 34.5 Å². The van der Waals surface area contributed by atoms with Crippen LogP contribution in [0.4, 0.5) is 13.2 Å². The summed E-state index contributed by atoms with van der Waals surface area (Å²) in [5.41, 5.74) is -4.80. The van der Waals surface area contributed by atoms with E-state index in [-0.39, 0.29) is 0 Å². The van der Waals surface area contributed by atoms with E-state index in [0.29, 0.717) is 0 Å². The number of alkyl halides is 3. The van der Waals surface area contributed by atoms with Gasteiger partial charge < -0.3 is 5.11 Å². The van der Waals surface area contributed by atoms with Crippen LogP contribution < -0.4 is 0 Å². The van der Waals surface area contributed by atoms with Crippen LogP contribution >= 0.6 is 0 Å². The SMILES string of the molecule is O=C(O)CCS(=O)C(F)(F)F. The monoisotopic (exact) mass is 190 g/mol. The molecule has 0 fully saturated rings. The molecular formula is C4H5F3O3S. The van der Waals surface area contributed by atoms with Gasteiger partial charge in [-0.3, -0.25) is 9.00 Å². The van der Waals surface area contributed by atoms with E-state index >= 15 is 0 Å². The topological polar surface area (TPSA) is 54.4 Å². The summed E-state index contributed by atoms with van der Waals surface area (Å²) in [6.07, 6.45) is -0.730. The lowest BCUT2D eigenvalue weighted by atomic mass is 10.5. The Kier molecular flexibility index (Phi) is 3.50. The minimum Gasteiger partial charge on any atom is -0.481 e. The van der Waals surface area contributed by atoms with Gasteiger partial charge in [-0.1, -0.05) is 0 Å². The van der Waals surface area contributed by atoms with Gasteiger partial charge in [0.05, 0.1) is 6.42 Å². The third kappa shape index (κ3) is 4.77. The quantitative estimate of drug-likeness (QED) is 0.713. The zero-order valence-electron chi connectivity index (χ0n) is 5.22. The van der Waals surface area contributed by atoms with Crippen molar-refractivity contribution in [3.8, 4) is 0 Å². The van der Waals surface area contributed by atoms with Crippen LogP contribution in [-0.2, 0) is 15.6 Å². The molecule has 1 N–H and O–H groups in total. The van der Waals surface area contributed by atoms with Crippen molar-refractivity contribution in [2.75, 3.05) is 5.75 Å². The normalized spacial score (nSPS) is 14.5. The molecule has 11 heavy (non-hydrogen) atoms. The number of carboxylic acids is 1. The number of carboxylic acid groups (broad SMARTS) is 1. The summed E-state index contributed by atoms with van der Waals surface area (Å²) < 4.78 is 44.3. The molecule has 0 radical (unpaired) electrons. The highest BCUT2D eigenvalue weighted by atomic mass is 32.2. The van der Waals surface area contributed by atoms with Crippen molar-refractivity contribution in [3.05, 3.63) is 0 Å². The molecule has 0 aliphatic rings. The maximum atomic E-state index is 11.4. The van der Waals surface area contributed by atoms with Gasteiger partial charge in [0.15, 0.2) is 0 Å². The third-order valence-corrected chi connectivity index (χ3v) is 1.85. The van der Waals surface area contributed by atoms with Gasteiger partial charge in [-0.05, 0) is 0 Å². The van der Waals surface area contributed by atoms with E-state index in [4.69, 9.17) is 5.11 Å². The van der Waals surface area contributed by atoms with Gasteiger partial charge in [-0.2, -0.15) is 13.2 Å². The zero-order valence-corrected chi connectivity index (χ0v) is 6.04. The van der Waals surface area contributed by atoms with Crippen molar-refractivity contribution in [1.29, 1.82) is 0 Å². The largest absolute Gasteiger partial charge is 0.481 e. The predicted molar refractivity (Wildman–Crippen MR) is 31.3 cm³/mol. The molecule has 1 unspecified atom stereocenters. The second kappa shape index (κ2) is 3.70. The molecule has 1 atom stereocenters. The van der Waals surface area contributed by atoms with Crippen molar-refractivity contribution in [1.82, 2.24) is 0 Å². The summed E-state index contributed by atoms with van der Waals surface area (Å²) in [7, 11) is -3.04. The molecule has 0 amide bonds. The molecular weight excluding hydrogens is 185 g/mol. The smallest absolute Gasteiger partial charge is 0.471 e. The van der Waals surface area contributed by atoms with Gasteiger partial charge in [0.25, 0.3) is 0 Å². The van der Waals surface area contributed by atoms with Gasteiger partial charge in [0, 0.05) is 5.75 Å². The van der Waals surface area contributed by atoms with Crippen molar-refractivity contribution < 1.29 is 27.3 Å². The van der Waals surface area contributed by atoms with E-state index in [9.17, 15) is 22.2 Å². The fraction of sp³-hybridized carbons (Fsp3) is 0.750. The molecule has 0 saturated heterocycles. The zero-order chi connectivity index (χ0) is 9.07. The minimum absolute atomic E-state index is 0.730. The molecule has 0 heterocycles. The maximum Gasteiger partial charge on any atom is 0.471 e. The Bertz CT molecular complexity index is 176. The lowest BCUT2D eigenvalue weighted by Gasteiger charge is -2.02. The van der Waals surface area contributed by atoms with Gasteiger partial charge in [0.2, 0.25) is 0 Å². The molecule has 0 aromatic rings. The summed E-state index contributed by atoms with van der Waals surface area (Å²) in [4.78, 5) is 9.73. The maximum absolute atomic E-state index is 11.4. The van der Waals surface area contributed by atoms with Crippen LogP contribution in [0, 0.1) is 0 Å². The molecule has 0 spiro atoms. The van der Waals surface area contributed by atoms with Crippen molar-refractivity contribution in [2.24, 2.45) is 0 Å². The first-order valence-corrected chi connectivity index (χ1v) is 3.83. The van der Waals surface area contributed by atoms with Crippen LogP contribution in [0.3, 0.4) is 0 Å². The van der Waals surface area contributed by atoms with Crippen molar-refractivity contribution in [3.63, 3.8) is 0 Å². The Balaban J connectivity index is 3.80. The van der Waals surface area contributed by atoms with E-state index in [1.165, 1.54) is 0 Å². The number of hydrogen-bond donors (Lipinski definition) is 1. The van der Waals surface area contributed by atoms with Gasteiger partial charge in [0.1, 0.15) is 10.8 Å². The van der Waals surface area contributed by atoms with Gasteiger partial charge >= 0.3 is 11.5 Å². The summed E-state index contributed by atoms with van der Waals surface area (Å²) in [6, 6.07) is 0. The first kappa shape index (κ1) is 10.4. The Morgan fingerprint density at radius 2 is 1.91 bits per heavy atom. The summed E-state index contributed by atoms with van der Waals surface area (Å²) >= 11 is 0. The second-order valence-electron chi connectivity index (χ2n) is 1.64. The lowest BCUT2D eigenvalue weighted by Crippen LogP contribution is -2.20. The Labute approximate surface area is 62.7 Å². The van der Waals surface area contributed by atoms with Crippen LogP contribution in [0.25, 0.3) is 0 Å². The van der Waals surface area contributed by atoms with Crippen LogP contribution in [0.1, 0.15) is 6.42 Å². The highest BCUT2D eigenvalue weighted by molar-refractivity contribution is 7.85. The molecule has 7 heteroatoms. The van der Waals surface area contributed by atoms with Gasteiger partial charge in [-0.25, -0.2) is 0 Å². The first-order chi connectivity index (χ1) is 4.84. The molecule has 0 saturated carbocycles. The predicted octanol–water partition coefficient (Wildman–Crippen LogP) is 0.730. The number of hydrogen-bond acceptors (Lipinski definition) is 2. The average molecular weight is 190 g/mol.